The van der Waals surface area contributed by atoms with Crippen LogP contribution in [0.15, 0.2) is 53.1 Å². The van der Waals surface area contributed by atoms with E-state index in [0.717, 1.165) is 5.56 Å². The summed E-state index contributed by atoms with van der Waals surface area (Å²) in [6.45, 7) is 7.52. The number of amides is 3. The second-order valence-corrected chi connectivity index (χ2v) is 9.14. The molecule has 7 nitrogen and oxygen atoms in total. The van der Waals surface area contributed by atoms with Crippen molar-refractivity contribution in [3.8, 4) is 0 Å². The molecule has 0 aliphatic rings. The molecule has 3 N–H and O–H groups in total. The zero-order valence-electron chi connectivity index (χ0n) is 17.9. The van der Waals surface area contributed by atoms with Crippen LogP contribution in [0.2, 0.25) is 0 Å². The van der Waals surface area contributed by atoms with E-state index in [1.807, 2.05) is 20.8 Å². The van der Waals surface area contributed by atoms with Crippen LogP contribution in [-0.4, -0.2) is 17.7 Å². The van der Waals surface area contributed by atoms with Crippen molar-refractivity contribution in [3.63, 3.8) is 0 Å². The van der Waals surface area contributed by atoms with Gasteiger partial charge in [0, 0.05) is 5.41 Å². The quantitative estimate of drug-likeness (QED) is 0.513. The van der Waals surface area contributed by atoms with Crippen molar-refractivity contribution in [2.75, 3.05) is 10.6 Å². The summed E-state index contributed by atoms with van der Waals surface area (Å²) < 4.78 is 5.22. The van der Waals surface area contributed by atoms with E-state index in [-0.39, 0.29) is 24.3 Å². The van der Waals surface area contributed by atoms with Crippen LogP contribution in [0.5, 0.6) is 0 Å². The zero-order chi connectivity index (χ0) is 22.6. The first-order chi connectivity index (χ1) is 14.6. The third-order valence-electron chi connectivity index (χ3n) is 4.47. The van der Waals surface area contributed by atoms with Gasteiger partial charge < -0.3 is 20.4 Å². The minimum Gasteiger partial charge on any atom is -0.467 e. The molecule has 0 saturated heterocycles. The summed E-state index contributed by atoms with van der Waals surface area (Å²) in [6.07, 6.45) is 1.54. The first-order valence-corrected chi connectivity index (χ1v) is 10.6. The molecule has 0 saturated carbocycles. The molecule has 0 spiro atoms. The van der Waals surface area contributed by atoms with Crippen molar-refractivity contribution >= 4 is 39.7 Å². The lowest BCUT2D eigenvalue weighted by molar-refractivity contribution is -0.123. The third kappa shape index (κ3) is 5.61. The van der Waals surface area contributed by atoms with Crippen LogP contribution < -0.4 is 16.0 Å². The fourth-order valence-electron chi connectivity index (χ4n) is 2.71. The molecule has 2 heterocycles. The normalized spacial score (nSPS) is 11.1. The topological polar surface area (TPSA) is 100 Å². The zero-order valence-corrected chi connectivity index (χ0v) is 18.7. The van der Waals surface area contributed by atoms with E-state index >= 15 is 0 Å². The van der Waals surface area contributed by atoms with Gasteiger partial charge in [-0.15, -0.1) is 11.3 Å². The van der Waals surface area contributed by atoms with Crippen LogP contribution in [0.1, 0.15) is 52.1 Å². The maximum absolute atomic E-state index is 12.9. The number of para-hydroxylation sites is 1. The van der Waals surface area contributed by atoms with E-state index in [2.05, 4.69) is 16.0 Å². The van der Waals surface area contributed by atoms with Gasteiger partial charge in [-0.3, -0.25) is 14.4 Å². The molecule has 0 unspecified atom stereocenters. The predicted octanol–water partition coefficient (Wildman–Crippen LogP) is 4.82. The van der Waals surface area contributed by atoms with E-state index in [0.29, 0.717) is 26.9 Å². The van der Waals surface area contributed by atoms with Gasteiger partial charge in [-0.1, -0.05) is 32.9 Å². The Morgan fingerprint density at radius 1 is 1.00 bits per heavy atom. The molecule has 3 rings (SSSR count). The van der Waals surface area contributed by atoms with E-state index in [1.54, 1.807) is 49.4 Å². The van der Waals surface area contributed by atoms with Crippen LogP contribution in [0, 0.1) is 12.3 Å². The van der Waals surface area contributed by atoms with Gasteiger partial charge in [0.25, 0.3) is 11.8 Å². The van der Waals surface area contributed by atoms with Crippen molar-refractivity contribution in [3.05, 3.63) is 70.5 Å². The SMILES string of the molecule is Cc1cc(NC(=O)C(C)(C)C)sc1C(=O)Nc1ccccc1C(=O)NCc1ccco1. The van der Waals surface area contributed by atoms with Crippen molar-refractivity contribution in [1.29, 1.82) is 0 Å². The number of benzene rings is 1. The Bertz CT molecular complexity index is 1090. The third-order valence-corrected chi connectivity index (χ3v) is 5.62. The van der Waals surface area contributed by atoms with Crippen LogP contribution in [-0.2, 0) is 11.3 Å². The van der Waals surface area contributed by atoms with E-state index in [4.69, 9.17) is 4.42 Å². The first kappa shape index (κ1) is 22.3. The maximum Gasteiger partial charge on any atom is 0.266 e. The van der Waals surface area contributed by atoms with Crippen LogP contribution in [0.3, 0.4) is 0 Å². The molecular formula is C23H25N3O4S. The molecule has 0 radical (unpaired) electrons. The van der Waals surface area contributed by atoms with E-state index in [1.165, 1.54) is 17.6 Å². The summed E-state index contributed by atoms with van der Waals surface area (Å²) in [5.74, 6) is -0.161. The largest absolute Gasteiger partial charge is 0.467 e. The van der Waals surface area contributed by atoms with Gasteiger partial charge in [0.15, 0.2) is 0 Å². The van der Waals surface area contributed by atoms with E-state index in [9.17, 15) is 14.4 Å². The molecule has 8 heteroatoms. The summed E-state index contributed by atoms with van der Waals surface area (Å²) in [6, 6.07) is 12.1. The van der Waals surface area contributed by atoms with Gasteiger partial charge in [-0.25, -0.2) is 0 Å². The Balaban J connectivity index is 1.72. The molecule has 0 bridgehead atoms. The molecule has 31 heavy (non-hydrogen) atoms. The van der Waals surface area contributed by atoms with Gasteiger partial charge in [0.2, 0.25) is 5.91 Å². The monoisotopic (exact) mass is 439 g/mol. The number of nitrogens with one attached hydrogen (secondary N) is 3. The second kappa shape index (κ2) is 9.18. The summed E-state index contributed by atoms with van der Waals surface area (Å²) >= 11 is 1.20. The average Bonchev–Trinajstić information content (AvgIpc) is 3.35. The first-order valence-electron chi connectivity index (χ1n) is 9.78. The molecule has 1 aromatic carbocycles. The number of hydrogen-bond acceptors (Lipinski definition) is 5. The number of thiophene rings is 1. The highest BCUT2D eigenvalue weighted by Crippen LogP contribution is 2.29. The second-order valence-electron chi connectivity index (χ2n) is 8.09. The van der Waals surface area contributed by atoms with Gasteiger partial charge in [0.1, 0.15) is 5.76 Å². The van der Waals surface area contributed by atoms with Gasteiger partial charge in [-0.2, -0.15) is 0 Å². The number of aryl methyl sites for hydroxylation is 1. The number of hydrogen-bond donors (Lipinski definition) is 3. The van der Waals surface area contributed by atoms with Crippen LogP contribution >= 0.6 is 11.3 Å². The molecule has 0 fully saturated rings. The minimum atomic E-state index is -0.539. The highest BCUT2D eigenvalue weighted by molar-refractivity contribution is 7.18. The summed E-state index contributed by atoms with van der Waals surface area (Å²) in [4.78, 5) is 38.2. The number of anilines is 2. The number of carbonyl (C=O) groups is 3. The highest BCUT2D eigenvalue weighted by atomic mass is 32.1. The van der Waals surface area contributed by atoms with Crippen LogP contribution in [0.25, 0.3) is 0 Å². The minimum absolute atomic E-state index is 0.126. The highest BCUT2D eigenvalue weighted by Gasteiger charge is 2.23. The Labute approximate surface area is 184 Å². The van der Waals surface area contributed by atoms with Gasteiger partial charge >= 0.3 is 0 Å². The lowest BCUT2D eigenvalue weighted by Crippen LogP contribution is -2.27. The van der Waals surface area contributed by atoms with Crippen molar-refractivity contribution < 1.29 is 18.8 Å². The van der Waals surface area contributed by atoms with Crippen LogP contribution in [0.4, 0.5) is 10.7 Å². The number of furan rings is 1. The molecule has 3 amide bonds. The summed E-state index contributed by atoms with van der Waals surface area (Å²) in [5, 5.41) is 9.04. The molecular weight excluding hydrogens is 414 g/mol. The maximum atomic E-state index is 12.9. The Morgan fingerprint density at radius 2 is 1.74 bits per heavy atom. The Hall–Kier alpha value is -3.39. The standard InChI is InChI=1S/C23H25N3O4S/c1-14-12-18(26-22(29)23(2,3)4)31-19(14)21(28)25-17-10-6-5-9-16(17)20(27)24-13-15-8-7-11-30-15/h5-12H,13H2,1-4H3,(H,24,27)(H,25,28)(H,26,29). The molecule has 0 aliphatic carbocycles. The lowest BCUT2D eigenvalue weighted by atomic mass is 9.96. The Kier molecular flexibility index (Phi) is 6.60. The van der Waals surface area contributed by atoms with Gasteiger partial charge in [0.05, 0.1) is 33.9 Å². The summed E-state index contributed by atoms with van der Waals surface area (Å²) in [7, 11) is 0. The fourth-order valence-corrected chi connectivity index (χ4v) is 3.68. The number of rotatable bonds is 6. The average molecular weight is 440 g/mol. The molecule has 0 atom stereocenters. The van der Waals surface area contributed by atoms with Gasteiger partial charge in [-0.05, 0) is 42.8 Å². The van der Waals surface area contributed by atoms with Crippen molar-refractivity contribution in [2.45, 2.75) is 34.2 Å². The van der Waals surface area contributed by atoms with Crippen molar-refractivity contribution in [2.24, 2.45) is 5.41 Å². The van der Waals surface area contributed by atoms with E-state index < -0.39 is 5.41 Å². The predicted molar refractivity (Wildman–Crippen MR) is 121 cm³/mol. The summed E-state index contributed by atoms with van der Waals surface area (Å²) in [5.41, 5.74) is 0.948. The number of carbonyl (C=O) groups excluding carboxylic acids is 3. The molecule has 3 aromatic rings. The lowest BCUT2D eigenvalue weighted by Gasteiger charge is -2.16. The molecule has 162 valence electrons. The smallest absolute Gasteiger partial charge is 0.266 e. The molecule has 0 aliphatic heterocycles. The Morgan fingerprint density at radius 3 is 2.42 bits per heavy atom. The van der Waals surface area contributed by atoms with Crippen molar-refractivity contribution in [1.82, 2.24) is 5.32 Å². The molecule has 2 aromatic heterocycles. The fraction of sp³-hybridized carbons (Fsp3) is 0.261.